The molecule has 2 aromatic rings. The van der Waals surface area contributed by atoms with Crippen LogP contribution >= 0.6 is 0 Å². The summed E-state index contributed by atoms with van der Waals surface area (Å²) >= 11 is 0. The van der Waals surface area contributed by atoms with E-state index in [2.05, 4.69) is 4.98 Å². The van der Waals surface area contributed by atoms with Gasteiger partial charge in [0.25, 0.3) is 11.6 Å². The van der Waals surface area contributed by atoms with Gasteiger partial charge in [-0.25, -0.2) is 4.98 Å². The average Bonchev–Trinajstić information content (AvgIpc) is 2.67. The molecule has 3 rings (SSSR count). The van der Waals surface area contributed by atoms with Crippen LogP contribution in [0.1, 0.15) is 5.56 Å². The van der Waals surface area contributed by atoms with Gasteiger partial charge in [0, 0.05) is 32.2 Å². The Balaban J connectivity index is 1.54. The standard InChI is InChI=1S/C18H20N4O4/c1-14-11-15(22(24)25)12-19-18(14)21-9-7-20(8-10-21)17(23)13-26-16-5-3-2-4-6-16/h2-6,11-12H,7-10,13H2,1H3. The largest absolute Gasteiger partial charge is 0.484 e. The Morgan fingerprint density at radius 3 is 2.54 bits per heavy atom. The fraction of sp³-hybridized carbons (Fsp3) is 0.333. The summed E-state index contributed by atoms with van der Waals surface area (Å²) in [4.78, 5) is 30.7. The van der Waals surface area contributed by atoms with Gasteiger partial charge in [-0.3, -0.25) is 14.9 Å². The van der Waals surface area contributed by atoms with E-state index in [0.717, 1.165) is 11.4 Å². The van der Waals surface area contributed by atoms with Crippen LogP contribution in [0.15, 0.2) is 42.6 Å². The van der Waals surface area contributed by atoms with E-state index in [4.69, 9.17) is 4.74 Å². The van der Waals surface area contributed by atoms with E-state index in [1.807, 2.05) is 35.2 Å². The molecule has 0 unspecified atom stereocenters. The van der Waals surface area contributed by atoms with Crippen molar-refractivity contribution in [3.63, 3.8) is 0 Å². The number of rotatable bonds is 5. The molecule has 0 bridgehead atoms. The number of amides is 1. The first-order valence-electron chi connectivity index (χ1n) is 8.36. The van der Waals surface area contributed by atoms with Gasteiger partial charge in [-0.15, -0.1) is 0 Å². The Labute approximate surface area is 151 Å². The van der Waals surface area contributed by atoms with Crippen LogP contribution in [0, 0.1) is 17.0 Å². The third kappa shape index (κ3) is 4.08. The van der Waals surface area contributed by atoms with Crippen molar-refractivity contribution in [1.29, 1.82) is 0 Å². The van der Waals surface area contributed by atoms with Gasteiger partial charge in [0.15, 0.2) is 6.61 Å². The van der Waals surface area contributed by atoms with Crippen molar-refractivity contribution in [2.24, 2.45) is 0 Å². The zero-order valence-electron chi connectivity index (χ0n) is 14.5. The highest BCUT2D eigenvalue weighted by atomic mass is 16.6. The van der Waals surface area contributed by atoms with Crippen molar-refractivity contribution >= 4 is 17.4 Å². The molecule has 26 heavy (non-hydrogen) atoms. The molecule has 1 aromatic carbocycles. The number of aryl methyl sites for hydroxylation is 1. The van der Waals surface area contributed by atoms with Gasteiger partial charge < -0.3 is 14.5 Å². The van der Waals surface area contributed by atoms with Crippen molar-refractivity contribution in [2.75, 3.05) is 37.7 Å². The summed E-state index contributed by atoms with van der Waals surface area (Å²) in [5.74, 6) is 1.34. The first-order chi connectivity index (χ1) is 12.5. The minimum atomic E-state index is -0.451. The fourth-order valence-corrected chi connectivity index (χ4v) is 2.90. The lowest BCUT2D eigenvalue weighted by Crippen LogP contribution is -2.50. The highest BCUT2D eigenvalue weighted by Gasteiger charge is 2.23. The number of nitro groups is 1. The van der Waals surface area contributed by atoms with Crippen LogP contribution in [0.3, 0.4) is 0 Å². The van der Waals surface area contributed by atoms with E-state index in [1.165, 1.54) is 12.3 Å². The number of pyridine rings is 1. The third-order valence-electron chi connectivity index (χ3n) is 4.28. The van der Waals surface area contributed by atoms with Gasteiger partial charge >= 0.3 is 0 Å². The number of carbonyl (C=O) groups is 1. The molecule has 8 nitrogen and oxygen atoms in total. The topological polar surface area (TPSA) is 88.8 Å². The Morgan fingerprint density at radius 2 is 1.92 bits per heavy atom. The second-order valence-corrected chi connectivity index (χ2v) is 6.06. The quantitative estimate of drug-likeness (QED) is 0.602. The molecular weight excluding hydrogens is 336 g/mol. The average molecular weight is 356 g/mol. The van der Waals surface area contributed by atoms with Crippen molar-refractivity contribution < 1.29 is 14.5 Å². The molecule has 1 aliphatic heterocycles. The molecule has 136 valence electrons. The van der Waals surface area contributed by atoms with E-state index in [0.29, 0.717) is 31.9 Å². The third-order valence-corrected chi connectivity index (χ3v) is 4.28. The number of ether oxygens (including phenoxy) is 1. The van der Waals surface area contributed by atoms with Crippen LogP contribution < -0.4 is 9.64 Å². The Hall–Kier alpha value is -3.16. The summed E-state index contributed by atoms with van der Waals surface area (Å²) in [5, 5.41) is 10.8. The zero-order valence-corrected chi connectivity index (χ0v) is 14.5. The van der Waals surface area contributed by atoms with Gasteiger partial charge in [0.1, 0.15) is 17.8 Å². The molecule has 8 heteroatoms. The number of anilines is 1. The molecule has 0 radical (unpaired) electrons. The van der Waals surface area contributed by atoms with Crippen LogP contribution in [0.5, 0.6) is 5.75 Å². The second-order valence-electron chi connectivity index (χ2n) is 6.06. The van der Waals surface area contributed by atoms with Crippen molar-refractivity contribution in [1.82, 2.24) is 9.88 Å². The molecule has 0 saturated carbocycles. The van der Waals surface area contributed by atoms with E-state index in [9.17, 15) is 14.9 Å². The van der Waals surface area contributed by atoms with Crippen LogP contribution in [0.4, 0.5) is 11.5 Å². The van der Waals surface area contributed by atoms with Crippen molar-refractivity contribution in [3.8, 4) is 5.75 Å². The normalized spacial score (nSPS) is 14.2. The number of nitrogens with zero attached hydrogens (tertiary/aromatic N) is 4. The molecule has 1 aromatic heterocycles. The van der Waals surface area contributed by atoms with Crippen molar-refractivity contribution in [2.45, 2.75) is 6.92 Å². The van der Waals surface area contributed by atoms with Gasteiger partial charge in [-0.2, -0.15) is 0 Å². The van der Waals surface area contributed by atoms with E-state index in [-0.39, 0.29) is 18.2 Å². The maximum Gasteiger partial charge on any atom is 0.287 e. The lowest BCUT2D eigenvalue weighted by molar-refractivity contribution is -0.385. The fourth-order valence-electron chi connectivity index (χ4n) is 2.90. The summed E-state index contributed by atoms with van der Waals surface area (Å²) < 4.78 is 5.51. The Morgan fingerprint density at radius 1 is 1.23 bits per heavy atom. The summed E-state index contributed by atoms with van der Waals surface area (Å²) in [6.45, 7) is 4.20. The maximum atomic E-state index is 12.3. The lowest BCUT2D eigenvalue weighted by atomic mass is 10.2. The number of hydrogen-bond donors (Lipinski definition) is 0. The Kier molecular flexibility index (Phi) is 5.31. The second kappa shape index (κ2) is 7.81. The van der Waals surface area contributed by atoms with E-state index in [1.54, 1.807) is 11.8 Å². The highest BCUT2D eigenvalue weighted by molar-refractivity contribution is 5.78. The maximum absolute atomic E-state index is 12.3. The van der Waals surface area contributed by atoms with Crippen LogP contribution in [-0.2, 0) is 4.79 Å². The molecule has 0 atom stereocenters. The summed E-state index contributed by atoms with van der Waals surface area (Å²) in [6.07, 6.45) is 1.27. The minimum absolute atomic E-state index is 0.0127. The molecule has 1 amide bonds. The van der Waals surface area contributed by atoms with Crippen molar-refractivity contribution in [3.05, 3.63) is 58.3 Å². The minimum Gasteiger partial charge on any atom is -0.484 e. The van der Waals surface area contributed by atoms with E-state index < -0.39 is 4.92 Å². The first kappa shape index (κ1) is 17.7. The predicted molar refractivity (Wildman–Crippen MR) is 96.4 cm³/mol. The summed E-state index contributed by atoms with van der Waals surface area (Å²) in [5.41, 5.74) is 0.740. The summed E-state index contributed by atoms with van der Waals surface area (Å²) in [7, 11) is 0. The Bertz CT molecular complexity index is 789. The van der Waals surface area contributed by atoms with Gasteiger partial charge in [0.05, 0.1) is 4.92 Å². The molecule has 0 aliphatic carbocycles. The SMILES string of the molecule is Cc1cc([N+](=O)[O-])cnc1N1CCN(C(=O)COc2ccccc2)CC1. The number of para-hydroxylation sites is 1. The number of aromatic nitrogens is 1. The molecule has 1 saturated heterocycles. The van der Waals surface area contributed by atoms with Gasteiger partial charge in [0.2, 0.25) is 0 Å². The van der Waals surface area contributed by atoms with Gasteiger partial charge in [-0.05, 0) is 24.6 Å². The first-order valence-corrected chi connectivity index (χ1v) is 8.36. The number of benzene rings is 1. The molecule has 0 spiro atoms. The zero-order chi connectivity index (χ0) is 18.5. The molecular formula is C18H20N4O4. The lowest BCUT2D eigenvalue weighted by Gasteiger charge is -2.35. The number of carbonyl (C=O) groups excluding carboxylic acids is 1. The van der Waals surface area contributed by atoms with Crippen LogP contribution in [0.25, 0.3) is 0 Å². The molecule has 0 N–H and O–H groups in total. The van der Waals surface area contributed by atoms with Crippen LogP contribution in [0.2, 0.25) is 0 Å². The molecule has 1 fully saturated rings. The number of hydrogen-bond acceptors (Lipinski definition) is 6. The molecule has 1 aliphatic rings. The molecule has 2 heterocycles. The predicted octanol–water partition coefficient (Wildman–Crippen LogP) is 2.03. The summed E-state index contributed by atoms with van der Waals surface area (Å²) in [6, 6.07) is 10.8. The number of piperazine rings is 1. The van der Waals surface area contributed by atoms with Gasteiger partial charge in [-0.1, -0.05) is 18.2 Å². The van der Waals surface area contributed by atoms with E-state index >= 15 is 0 Å². The highest BCUT2D eigenvalue weighted by Crippen LogP contribution is 2.22. The monoisotopic (exact) mass is 356 g/mol. The smallest absolute Gasteiger partial charge is 0.287 e. The van der Waals surface area contributed by atoms with Crippen LogP contribution in [-0.4, -0.2) is 53.5 Å².